The van der Waals surface area contributed by atoms with Gasteiger partial charge in [0.15, 0.2) is 0 Å². The summed E-state index contributed by atoms with van der Waals surface area (Å²) in [7, 11) is 0. The van der Waals surface area contributed by atoms with E-state index in [0.717, 1.165) is 16.9 Å². The van der Waals surface area contributed by atoms with Gasteiger partial charge in [0, 0.05) is 24.7 Å². The van der Waals surface area contributed by atoms with Gasteiger partial charge < -0.3 is 25.2 Å². The number of hydrogen-bond donors (Lipinski definition) is 3. The van der Waals surface area contributed by atoms with Crippen LogP contribution in [0, 0.1) is 0 Å². The van der Waals surface area contributed by atoms with Gasteiger partial charge in [0.1, 0.15) is 17.5 Å². The molecule has 1 saturated heterocycles. The zero-order valence-electron chi connectivity index (χ0n) is 16.5. The number of halogens is 1. The predicted octanol–water partition coefficient (Wildman–Crippen LogP) is 2.01. The van der Waals surface area contributed by atoms with Crippen LogP contribution in [0.15, 0.2) is 48.5 Å². The Hall–Kier alpha value is -2.12. The molecule has 6 nitrogen and oxygen atoms in total. The fourth-order valence-electron chi connectivity index (χ4n) is 3.42. The fourth-order valence-corrected chi connectivity index (χ4v) is 3.55. The molecule has 1 amide bonds. The first-order chi connectivity index (χ1) is 13.9. The van der Waals surface area contributed by atoms with Crippen LogP contribution in [0.3, 0.4) is 0 Å². The smallest absolute Gasteiger partial charge is 0.227 e. The second-order valence-corrected chi connectivity index (χ2v) is 7.81. The minimum Gasteiger partial charge on any atom is -0.494 e. The average Bonchev–Trinajstić information content (AvgIpc) is 3.00. The van der Waals surface area contributed by atoms with Crippen molar-refractivity contribution in [2.45, 2.75) is 31.6 Å². The molecule has 2 atom stereocenters. The largest absolute Gasteiger partial charge is 0.494 e. The molecule has 1 heterocycles. The molecule has 0 unspecified atom stereocenters. The lowest BCUT2D eigenvalue weighted by Gasteiger charge is -2.26. The van der Waals surface area contributed by atoms with Crippen LogP contribution in [0.2, 0.25) is 5.02 Å². The zero-order chi connectivity index (χ0) is 20.9. The van der Waals surface area contributed by atoms with Gasteiger partial charge in [-0.2, -0.15) is 0 Å². The molecule has 1 aliphatic rings. The number of amides is 1. The van der Waals surface area contributed by atoms with E-state index in [9.17, 15) is 15.0 Å². The van der Waals surface area contributed by atoms with Crippen molar-refractivity contribution in [3.63, 3.8) is 0 Å². The van der Waals surface area contributed by atoms with E-state index in [4.69, 9.17) is 16.3 Å². The number of β-amino-alcohol motifs (C(OH)–C–C–N with tert-alkyl or cyclic N) is 2. The van der Waals surface area contributed by atoms with E-state index in [0.29, 0.717) is 18.2 Å². The highest BCUT2D eigenvalue weighted by Gasteiger charge is 2.45. The number of likely N-dealkylation sites (tertiary alicyclic amines) is 1. The molecule has 1 aliphatic heterocycles. The van der Waals surface area contributed by atoms with E-state index in [2.05, 4.69) is 5.32 Å². The normalized spacial score (nSPS) is 21.4. The van der Waals surface area contributed by atoms with Gasteiger partial charge in [-0.25, -0.2) is 0 Å². The maximum atomic E-state index is 12.6. The first-order valence-corrected chi connectivity index (χ1v) is 10.1. The number of hydrogen-bond acceptors (Lipinski definition) is 5. The average molecular weight is 419 g/mol. The molecule has 0 spiro atoms. The van der Waals surface area contributed by atoms with Gasteiger partial charge >= 0.3 is 0 Å². The van der Waals surface area contributed by atoms with Crippen molar-refractivity contribution in [1.29, 1.82) is 0 Å². The summed E-state index contributed by atoms with van der Waals surface area (Å²) in [6.07, 6.45) is -0.788. The van der Waals surface area contributed by atoms with Gasteiger partial charge in [-0.15, -0.1) is 0 Å². The van der Waals surface area contributed by atoms with Crippen molar-refractivity contribution >= 4 is 17.5 Å². The molecule has 0 saturated carbocycles. The molecule has 0 aliphatic carbocycles. The second kappa shape index (κ2) is 9.59. The first kappa shape index (κ1) is 21.6. The molecule has 156 valence electrons. The van der Waals surface area contributed by atoms with Gasteiger partial charge in [0.25, 0.3) is 0 Å². The van der Waals surface area contributed by atoms with Crippen LogP contribution in [-0.2, 0) is 17.8 Å². The predicted molar refractivity (Wildman–Crippen MR) is 112 cm³/mol. The Morgan fingerprint density at radius 1 is 1.21 bits per heavy atom. The molecular weight excluding hydrogens is 392 g/mol. The third-order valence-corrected chi connectivity index (χ3v) is 5.35. The number of carbonyl (C=O) groups is 1. The van der Waals surface area contributed by atoms with Crippen LogP contribution in [0.1, 0.15) is 18.1 Å². The van der Waals surface area contributed by atoms with Crippen molar-refractivity contribution in [2.75, 3.05) is 26.2 Å². The number of nitrogens with one attached hydrogen (secondary N) is 1. The van der Waals surface area contributed by atoms with Crippen LogP contribution < -0.4 is 10.1 Å². The summed E-state index contributed by atoms with van der Waals surface area (Å²) in [6.45, 7) is 3.50. The monoisotopic (exact) mass is 418 g/mol. The summed E-state index contributed by atoms with van der Waals surface area (Å²) in [6, 6.07) is 14.8. The molecule has 0 aromatic heterocycles. The Balaban J connectivity index is 1.50. The van der Waals surface area contributed by atoms with Crippen LogP contribution in [0.4, 0.5) is 0 Å². The third-order valence-electron chi connectivity index (χ3n) is 5.09. The third kappa shape index (κ3) is 5.70. The van der Waals surface area contributed by atoms with Crippen LogP contribution >= 0.6 is 11.6 Å². The number of aliphatic hydroxyl groups is 2. The fraction of sp³-hybridized carbons (Fsp3) is 0.409. The highest BCUT2D eigenvalue weighted by Crippen LogP contribution is 2.23. The van der Waals surface area contributed by atoms with Gasteiger partial charge in [-0.1, -0.05) is 35.9 Å². The summed E-state index contributed by atoms with van der Waals surface area (Å²) in [5.74, 6) is 0.685. The Bertz CT molecular complexity index is 813. The number of aliphatic hydroxyl groups excluding tert-OH is 1. The van der Waals surface area contributed by atoms with Crippen molar-refractivity contribution < 1.29 is 19.7 Å². The molecule has 0 bridgehead atoms. The van der Waals surface area contributed by atoms with Gasteiger partial charge in [-0.05, 0) is 42.3 Å². The van der Waals surface area contributed by atoms with E-state index >= 15 is 0 Å². The van der Waals surface area contributed by atoms with Crippen LogP contribution in [0.25, 0.3) is 0 Å². The Morgan fingerprint density at radius 3 is 2.52 bits per heavy atom. The highest BCUT2D eigenvalue weighted by molar-refractivity contribution is 6.30. The summed E-state index contributed by atoms with van der Waals surface area (Å²) in [5, 5.41) is 25.0. The maximum Gasteiger partial charge on any atom is 0.227 e. The Kier molecular flexibility index (Phi) is 7.14. The van der Waals surface area contributed by atoms with Crippen molar-refractivity contribution in [3.05, 3.63) is 64.7 Å². The number of carbonyl (C=O) groups excluding carboxylic acids is 1. The highest BCUT2D eigenvalue weighted by atomic mass is 35.5. The van der Waals surface area contributed by atoms with Gasteiger partial charge in [0.2, 0.25) is 5.91 Å². The molecule has 7 heteroatoms. The lowest BCUT2D eigenvalue weighted by molar-refractivity contribution is -0.130. The maximum absolute atomic E-state index is 12.6. The second-order valence-electron chi connectivity index (χ2n) is 7.38. The zero-order valence-corrected chi connectivity index (χ0v) is 17.2. The summed E-state index contributed by atoms with van der Waals surface area (Å²) in [5.41, 5.74) is 0.513. The van der Waals surface area contributed by atoms with Crippen molar-refractivity contribution in [3.8, 4) is 5.75 Å². The van der Waals surface area contributed by atoms with E-state index in [1.807, 2.05) is 31.2 Å². The number of nitrogens with zero attached hydrogens (tertiary/aromatic N) is 1. The quantitative estimate of drug-likeness (QED) is 0.611. The molecule has 3 N–H and O–H groups in total. The molecule has 2 aromatic carbocycles. The molecule has 1 fully saturated rings. The van der Waals surface area contributed by atoms with Crippen molar-refractivity contribution in [1.82, 2.24) is 10.2 Å². The lowest BCUT2D eigenvalue weighted by atomic mass is 10.0. The molecule has 29 heavy (non-hydrogen) atoms. The van der Waals surface area contributed by atoms with Gasteiger partial charge in [-0.3, -0.25) is 4.79 Å². The summed E-state index contributed by atoms with van der Waals surface area (Å²) < 4.78 is 5.42. The van der Waals surface area contributed by atoms with Crippen molar-refractivity contribution in [2.24, 2.45) is 0 Å². The molecule has 2 aromatic rings. The Labute approximate surface area is 176 Å². The minimum absolute atomic E-state index is 0.0941. The minimum atomic E-state index is -1.37. The van der Waals surface area contributed by atoms with E-state index in [1.165, 1.54) is 4.90 Å². The number of ether oxygens (including phenoxy) is 1. The Morgan fingerprint density at radius 2 is 1.86 bits per heavy atom. The molecule has 0 radical (unpaired) electrons. The number of benzene rings is 2. The summed E-state index contributed by atoms with van der Waals surface area (Å²) in [4.78, 5) is 14.1. The van der Waals surface area contributed by atoms with E-state index < -0.39 is 11.7 Å². The molecular formula is C22H27ClN2O4. The van der Waals surface area contributed by atoms with Gasteiger partial charge in [0.05, 0.1) is 19.6 Å². The topological polar surface area (TPSA) is 82.0 Å². The van der Waals surface area contributed by atoms with Crippen LogP contribution in [-0.4, -0.2) is 59.0 Å². The van der Waals surface area contributed by atoms with E-state index in [-0.39, 0.29) is 32.0 Å². The summed E-state index contributed by atoms with van der Waals surface area (Å²) >= 11 is 5.87. The van der Waals surface area contributed by atoms with E-state index in [1.54, 1.807) is 24.3 Å². The first-order valence-electron chi connectivity index (χ1n) is 9.75. The standard InChI is InChI=1S/C22H27ClN2O4/c1-2-29-19-9-5-17(6-10-19)12-24-14-22(28)15-25(13-20(22)26)21(27)11-16-3-7-18(23)8-4-16/h3-10,20,24,26,28H,2,11-15H2,1H3/t20-,22+/m1/s1. The SMILES string of the molecule is CCOc1ccc(CNC[C@]2(O)CN(C(=O)Cc3ccc(Cl)cc3)C[C@H]2O)cc1. The van der Waals surface area contributed by atoms with Crippen LogP contribution in [0.5, 0.6) is 5.75 Å². The lowest BCUT2D eigenvalue weighted by Crippen LogP contribution is -2.50. The number of rotatable bonds is 8. The molecule has 3 rings (SSSR count).